The Morgan fingerprint density at radius 2 is 1.96 bits per heavy atom. The van der Waals surface area contributed by atoms with Gasteiger partial charge in [-0.25, -0.2) is 19.3 Å². The average Bonchev–Trinajstić information content (AvgIpc) is 3.33. The fourth-order valence-corrected chi connectivity index (χ4v) is 2.83. The molecule has 4 rings (SSSR count). The summed E-state index contributed by atoms with van der Waals surface area (Å²) in [5.74, 6) is 0.422. The van der Waals surface area contributed by atoms with Crippen LogP contribution in [0.4, 0.5) is 4.39 Å². The molecule has 4 aromatic rings. The highest BCUT2D eigenvalue weighted by molar-refractivity contribution is 7.13. The van der Waals surface area contributed by atoms with Gasteiger partial charge in [0.2, 0.25) is 0 Å². The third-order valence-corrected chi connectivity index (χ3v) is 4.28. The van der Waals surface area contributed by atoms with Gasteiger partial charge < -0.3 is 4.74 Å². The van der Waals surface area contributed by atoms with E-state index in [1.165, 1.54) is 24.5 Å². The van der Waals surface area contributed by atoms with E-state index in [1.807, 2.05) is 0 Å². The lowest BCUT2D eigenvalue weighted by atomic mass is 10.1. The Labute approximate surface area is 145 Å². The van der Waals surface area contributed by atoms with Crippen molar-refractivity contribution in [1.29, 1.82) is 0 Å². The highest BCUT2D eigenvalue weighted by atomic mass is 32.1. The molecule has 25 heavy (non-hydrogen) atoms. The molecule has 9 heteroatoms. The first-order valence-electron chi connectivity index (χ1n) is 7.22. The van der Waals surface area contributed by atoms with Gasteiger partial charge in [-0.05, 0) is 17.7 Å². The predicted octanol–water partition coefficient (Wildman–Crippen LogP) is 3.20. The molecular formula is C16H11FN6OS. The Kier molecular flexibility index (Phi) is 3.90. The molecule has 0 aliphatic heterocycles. The molecule has 0 spiro atoms. The van der Waals surface area contributed by atoms with Crippen molar-refractivity contribution in [2.24, 2.45) is 0 Å². The summed E-state index contributed by atoms with van der Waals surface area (Å²) in [6.45, 7) is 0. The maximum absolute atomic E-state index is 14.5. The van der Waals surface area contributed by atoms with E-state index in [-0.39, 0.29) is 6.01 Å². The molecule has 0 bridgehead atoms. The summed E-state index contributed by atoms with van der Waals surface area (Å²) >= 11 is 1.43. The molecule has 0 fully saturated rings. The summed E-state index contributed by atoms with van der Waals surface area (Å²) in [7, 11) is 1.49. The van der Waals surface area contributed by atoms with Crippen molar-refractivity contribution in [3.63, 3.8) is 0 Å². The third-order valence-electron chi connectivity index (χ3n) is 3.51. The summed E-state index contributed by atoms with van der Waals surface area (Å²) in [6.07, 6.45) is 4.84. The van der Waals surface area contributed by atoms with Crippen LogP contribution in [0.5, 0.6) is 6.01 Å². The molecule has 0 saturated heterocycles. The molecule has 0 aliphatic carbocycles. The summed E-state index contributed by atoms with van der Waals surface area (Å²) < 4.78 is 19.5. The molecule has 124 valence electrons. The first-order valence-corrected chi connectivity index (χ1v) is 8.10. The van der Waals surface area contributed by atoms with Crippen molar-refractivity contribution >= 4 is 11.3 Å². The van der Waals surface area contributed by atoms with E-state index >= 15 is 0 Å². The number of aromatic nitrogens is 6. The average molecular weight is 354 g/mol. The van der Waals surface area contributed by atoms with Crippen LogP contribution in [-0.4, -0.2) is 37.2 Å². The van der Waals surface area contributed by atoms with E-state index in [9.17, 15) is 4.39 Å². The van der Waals surface area contributed by atoms with Crippen LogP contribution in [0.15, 0.2) is 42.3 Å². The summed E-state index contributed by atoms with van der Waals surface area (Å²) in [5, 5.41) is 6.89. The quantitative estimate of drug-likeness (QED) is 0.605. The lowest BCUT2D eigenvalue weighted by molar-refractivity contribution is 0.380. The number of hydrogen-bond donors (Lipinski definition) is 1. The van der Waals surface area contributed by atoms with Crippen molar-refractivity contribution in [3.05, 3.63) is 48.1 Å². The first-order chi connectivity index (χ1) is 12.2. The fourth-order valence-electron chi connectivity index (χ4n) is 2.27. The molecule has 0 amide bonds. The van der Waals surface area contributed by atoms with Gasteiger partial charge in [-0.3, -0.25) is 10.1 Å². The number of halogens is 1. The first kappa shape index (κ1) is 15.3. The highest BCUT2D eigenvalue weighted by Crippen LogP contribution is 2.27. The zero-order valence-corrected chi connectivity index (χ0v) is 13.8. The molecule has 0 radical (unpaired) electrons. The molecule has 3 heterocycles. The summed E-state index contributed by atoms with van der Waals surface area (Å²) in [5.41, 5.74) is 3.35. The fraction of sp³-hybridized carbons (Fsp3) is 0.0625. The van der Waals surface area contributed by atoms with E-state index in [0.717, 1.165) is 4.88 Å². The van der Waals surface area contributed by atoms with Crippen LogP contribution in [0.1, 0.15) is 0 Å². The number of aromatic amines is 1. The zero-order valence-electron chi connectivity index (χ0n) is 13.0. The molecule has 1 N–H and O–H groups in total. The monoisotopic (exact) mass is 354 g/mol. The molecule has 1 aromatic carbocycles. The summed E-state index contributed by atoms with van der Waals surface area (Å²) in [4.78, 5) is 17.2. The van der Waals surface area contributed by atoms with Crippen molar-refractivity contribution in [1.82, 2.24) is 30.1 Å². The smallest absolute Gasteiger partial charge is 0.316 e. The second kappa shape index (κ2) is 6.36. The van der Waals surface area contributed by atoms with Crippen LogP contribution in [0, 0.1) is 5.82 Å². The Balaban J connectivity index is 1.65. The number of hydrogen-bond acceptors (Lipinski definition) is 7. The van der Waals surface area contributed by atoms with Crippen molar-refractivity contribution < 1.29 is 9.13 Å². The maximum atomic E-state index is 14.5. The third kappa shape index (κ3) is 2.96. The van der Waals surface area contributed by atoms with Gasteiger partial charge in [0.15, 0.2) is 11.6 Å². The van der Waals surface area contributed by atoms with Gasteiger partial charge in [-0.2, -0.15) is 5.10 Å². The topological polar surface area (TPSA) is 89.5 Å². The Hall–Kier alpha value is -3.20. The molecule has 0 saturated carbocycles. The van der Waals surface area contributed by atoms with Crippen LogP contribution in [0.25, 0.3) is 33.2 Å². The minimum Gasteiger partial charge on any atom is -0.467 e. The van der Waals surface area contributed by atoms with E-state index in [0.29, 0.717) is 28.3 Å². The Morgan fingerprint density at radius 1 is 1.12 bits per heavy atom. The van der Waals surface area contributed by atoms with Gasteiger partial charge in [-0.15, -0.1) is 11.3 Å². The number of ether oxygens (including phenoxy) is 1. The van der Waals surface area contributed by atoms with Crippen LogP contribution in [0.3, 0.4) is 0 Å². The van der Waals surface area contributed by atoms with Crippen molar-refractivity contribution in [2.75, 3.05) is 7.11 Å². The number of H-pyrrole nitrogens is 1. The number of rotatable bonds is 4. The van der Waals surface area contributed by atoms with Crippen molar-refractivity contribution in [2.45, 2.75) is 0 Å². The van der Waals surface area contributed by atoms with Crippen LogP contribution >= 0.6 is 11.3 Å². The van der Waals surface area contributed by atoms with Crippen LogP contribution < -0.4 is 4.74 Å². The van der Waals surface area contributed by atoms with E-state index in [1.54, 1.807) is 36.2 Å². The van der Waals surface area contributed by atoms with Gasteiger partial charge in [0, 0.05) is 24.2 Å². The number of thiazole rings is 1. The maximum Gasteiger partial charge on any atom is 0.316 e. The predicted molar refractivity (Wildman–Crippen MR) is 90.5 cm³/mol. The van der Waals surface area contributed by atoms with Crippen molar-refractivity contribution in [3.8, 4) is 39.2 Å². The van der Waals surface area contributed by atoms with Gasteiger partial charge in [0.1, 0.15) is 5.82 Å². The summed E-state index contributed by atoms with van der Waals surface area (Å²) in [6, 6.07) is 5.07. The number of nitrogens with zero attached hydrogens (tertiary/aromatic N) is 5. The molecule has 0 unspecified atom stereocenters. The Bertz CT molecular complexity index is 1000. The number of nitrogens with one attached hydrogen (secondary N) is 1. The van der Waals surface area contributed by atoms with Crippen LogP contribution in [-0.2, 0) is 0 Å². The minimum absolute atomic E-state index is 0.261. The lowest BCUT2D eigenvalue weighted by Gasteiger charge is -2.04. The molecule has 7 nitrogen and oxygen atoms in total. The van der Waals surface area contributed by atoms with E-state index < -0.39 is 5.82 Å². The molecule has 0 atom stereocenters. The van der Waals surface area contributed by atoms with Gasteiger partial charge >= 0.3 is 6.01 Å². The van der Waals surface area contributed by atoms with Gasteiger partial charge in [-0.1, -0.05) is 6.07 Å². The van der Waals surface area contributed by atoms with E-state index in [4.69, 9.17) is 4.74 Å². The normalized spacial score (nSPS) is 10.8. The largest absolute Gasteiger partial charge is 0.467 e. The highest BCUT2D eigenvalue weighted by Gasteiger charge is 2.14. The number of methoxy groups -OCH3 is 1. The second-order valence-electron chi connectivity index (χ2n) is 5.03. The SMILES string of the molecule is COc1ncc(-c2ccc(-c3n[nH]c(-c4cncs4)n3)c(F)c2)cn1. The standard InChI is InChI=1S/C16H11FN6OS/c1-24-16-19-5-10(6-20-16)9-2-3-11(12(17)4-9)14-21-15(23-22-14)13-7-18-8-25-13/h2-8H,1H3,(H,21,22,23). The molecular weight excluding hydrogens is 343 g/mol. The molecule has 3 aromatic heterocycles. The van der Waals surface area contributed by atoms with Gasteiger partial charge in [0.05, 0.1) is 23.1 Å². The lowest BCUT2D eigenvalue weighted by Crippen LogP contribution is -1.92. The van der Waals surface area contributed by atoms with E-state index in [2.05, 4.69) is 30.1 Å². The second-order valence-corrected chi connectivity index (χ2v) is 5.91. The minimum atomic E-state index is -0.428. The molecule has 0 aliphatic rings. The number of benzene rings is 1. The van der Waals surface area contributed by atoms with Gasteiger partial charge in [0.25, 0.3) is 0 Å². The van der Waals surface area contributed by atoms with Crippen LogP contribution in [0.2, 0.25) is 0 Å². The zero-order chi connectivity index (χ0) is 17.2. The Morgan fingerprint density at radius 3 is 2.64 bits per heavy atom.